The maximum atomic E-state index is 12.6. The molecule has 3 rings (SSSR count). The molecule has 1 saturated heterocycles. The van der Waals surface area contributed by atoms with Gasteiger partial charge in [0.1, 0.15) is 6.54 Å². The lowest BCUT2D eigenvalue weighted by atomic mass is 10.1. The molecular formula is C15H22N6O3. The molecular weight excluding hydrogens is 312 g/mol. The van der Waals surface area contributed by atoms with Gasteiger partial charge in [0.2, 0.25) is 5.91 Å². The minimum Gasteiger partial charge on any atom is -0.338 e. The van der Waals surface area contributed by atoms with E-state index in [0.717, 1.165) is 11.0 Å². The molecule has 0 aromatic carbocycles. The molecule has 1 aliphatic rings. The molecule has 0 saturated carbocycles. The minimum atomic E-state index is -0.540. The van der Waals surface area contributed by atoms with Crippen molar-refractivity contribution in [3.63, 3.8) is 0 Å². The zero-order valence-corrected chi connectivity index (χ0v) is 14.1. The van der Waals surface area contributed by atoms with E-state index in [1.807, 2.05) is 6.92 Å². The van der Waals surface area contributed by atoms with Crippen LogP contribution in [-0.2, 0) is 25.4 Å². The van der Waals surface area contributed by atoms with Gasteiger partial charge in [0.15, 0.2) is 11.2 Å². The van der Waals surface area contributed by atoms with Crippen LogP contribution in [0.4, 0.5) is 0 Å². The minimum absolute atomic E-state index is 0.0611. The van der Waals surface area contributed by atoms with E-state index in [1.165, 1.54) is 10.9 Å². The number of aryl methyl sites for hydroxylation is 2. The first-order valence-corrected chi connectivity index (χ1v) is 7.95. The molecule has 1 amide bonds. The number of imidazole rings is 1. The predicted octanol–water partition coefficient (Wildman–Crippen LogP) is -1.37. The van der Waals surface area contributed by atoms with Crippen LogP contribution >= 0.6 is 0 Å². The molecule has 3 heterocycles. The van der Waals surface area contributed by atoms with Crippen molar-refractivity contribution in [2.45, 2.75) is 25.9 Å². The molecule has 2 unspecified atom stereocenters. The molecule has 2 aromatic rings. The molecule has 2 aromatic heterocycles. The third-order valence-corrected chi connectivity index (χ3v) is 4.81. The standard InChI is InChI=1S/C15H22N6O3/c1-9-4-10(5-16)6-20(9)11(22)7-21-14(23)12-13(17-8-18(12)2)19(3)15(21)24/h8-10H,4-7,16H2,1-3H3. The van der Waals surface area contributed by atoms with E-state index in [9.17, 15) is 14.4 Å². The molecule has 1 fully saturated rings. The fraction of sp³-hybridized carbons (Fsp3) is 0.600. The number of nitrogens with zero attached hydrogens (tertiary/aromatic N) is 5. The van der Waals surface area contributed by atoms with Gasteiger partial charge in [0, 0.05) is 26.7 Å². The topological polar surface area (TPSA) is 108 Å². The van der Waals surface area contributed by atoms with Crippen molar-refractivity contribution < 1.29 is 4.79 Å². The first-order valence-electron chi connectivity index (χ1n) is 7.95. The summed E-state index contributed by atoms with van der Waals surface area (Å²) in [6.07, 6.45) is 2.32. The molecule has 9 heteroatoms. The van der Waals surface area contributed by atoms with Crippen LogP contribution in [-0.4, -0.2) is 48.6 Å². The molecule has 24 heavy (non-hydrogen) atoms. The van der Waals surface area contributed by atoms with Crippen molar-refractivity contribution in [3.8, 4) is 0 Å². The molecule has 0 spiro atoms. The Morgan fingerprint density at radius 2 is 2.08 bits per heavy atom. The highest BCUT2D eigenvalue weighted by molar-refractivity contribution is 5.77. The number of rotatable bonds is 3. The van der Waals surface area contributed by atoms with Crippen LogP contribution in [0, 0.1) is 5.92 Å². The van der Waals surface area contributed by atoms with Crippen molar-refractivity contribution in [2.24, 2.45) is 25.7 Å². The summed E-state index contributed by atoms with van der Waals surface area (Å²) in [4.78, 5) is 43.5. The average molecular weight is 334 g/mol. The summed E-state index contributed by atoms with van der Waals surface area (Å²) in [6, 6.07) is 0.0611. The molecule has 0 aliphatic carbocycles. The summed E-state index contributed by atoms with van der Waals surface area (Å²) >= 11 is 0. The first kappa shape index (κ1) is 16.4. The summed E-state index contributed by atoms with van der Waals surface area (Å²) in [5.41, 5.74) is 5.27. The Labute approximate surface area is 138 Å². The number of carbonyl (C=O) groups excluding carboxylic acids is 1. The number of carbonyl (C=O) groups is 1. The van der Waals surface area contributed by atoms with Crippen molar-refractivity contribution in [3.05, 3.63) is 27.2 Å². The van der Waals surface area contributed by atoms with Gasteiger partial charge in [0.05, 0.1) is 6.33 Å². The number of nitrogens with two attached hydrogens (primary N) is 1. The van der Waals surface area contributed by atoms with Crippen molar-refractivity contribution in [1.82, 2.24) is 23.6 Å². The number of amides is 1. The Hall–Kier alpha value is -2.42. The van der Waals surface area contributed by atoms with Crippen molar-refractivity contribution in [1.29, 1.82) is 0 Å². The fourth-order valence-electron chi connectivity index (χ4n) is 3.42. The zero-order chi connectivity index (χ0) is 17.6. The zero-order valence-electron chi connectivity index (χ0n) is 14.1. The Kier molecular flexibility index (Phi) is 4.04. The summed E-state index contributed by atoms with van der Waals surface area (Å²) < 4.78 is 3.83. The third kappa shape index (κ3) is 2.44. The maximum Gasteiger partial charge on any atom is 0.332 e. The van der Waals surface area contributed by atoms with Gasteiger partial charge in [-0.25, -0.2) is 14.3 Å². The maximum absolute atomic E-state index is 12.6. The normalized spacial score (nSPS) is 20.9. The van der Waals surface area contributed by atoms with E-state index < -0.39 is 11.2 Å². The summed E-state index contributed by atoms with van der Waals surface area (Å²) in [7, 11) is 3.22. The second-order valence-electron chi connectivity index (χ2n) is 6.49. The highest BCUT2D eigenvalue weighted by atomic mass is 16.2. The Morgan fingerprint density at radius 3 is 2.71 bits per heavy atom. The van der Waals surface area contributed by atoms with Crippen molar-refractivity contribution >= 4 is 17.1 Å². The monoisotopic (exact) mass is 334 g/mol. The first-order chi connectivity index (χ1) is 11.3. The smallest absolute Gasteiger partial charge is 0.332 e. The number of hydrogen-bond donors (Lipinski definition) is 1. The van der Waals surface area contributed by atoms with Gasteiger partial charge in [-0.15, -0.1) is 0 Å². The lowest BCUT2D eigenvalue weighted by molar-refractivity contribution is -0.132. The van der Waals surface area contributed by atoms with E-state index in [-0.39, 0.29) is 24.4 Å². The number of likely N-dealkylation sites (tertiary alicyclic amines) is 1. The quantitative estimate of drug-likeness (QED) is 0.745. The van der Waals surface area contributed by atoms with Crippen molar-refractivity contribution in [2.75, 3.05) is 13.1 Å². The Morgan fingerprint density at radius 1 is 1.38 bits per heavy atom. The number of fused-ring (bicyclic) bond motifs is 1. The molecule has 2 atom stereocenters. The second-order valence-corrected chi connectivity index (χ2v) is 6.49. The van der Waals surface area contributed by atoms with E-state index in [2.05, 4.69) is 4.98 Å². The Bertz CT molecular complexity index is 908. The van der Waals surface area contributed by atoms with E-state index in [4.69, 9.17) is 5.73 Å². The molecule has 0 bridgehead atoms. The van der Waals surface area contributed by atoms with Crippen LogP contribution in [0.3, 0.4) is 0 Å². The van der Waals surface area contributed by atoms with Gasteiger partial charge in [-0.05, 0) is 25.8 Å². The van der Waals surface area contributed by atoms with Crippen LogP contribution in [0.1, 0.15) is 13.3 Å². The van der Waals surface area contributed by atoms with Gasteiger partial charge in [-0.1, -0.05) is 0 Å². The van der Waals surface area contributed by atoms with Crippen LogP contribution < -0.4 is 17.0 Å². The number of hydrogen-bond acceptors (Lipinski definition) is 5. The summed E-state index contributed by atoms with van der Waals surface area (Å²) in [5.74, 6) is 0.0298. The molecule has 130 valence electrons. The highest BCUT2D eigenvalue weighted by Crippen LogP contribution is 2.22. The fourth-order valence-corrected chi connectivity index (χ4v) is 3.42. The summed E-state index contributed by atoms with van der Waals surface area (Å²) in [6.45, 7) is 2.78. The van der Waals surface area contributed by atoms with Gasteiger partial charge in [0.25, 0.3) is 5.56 Å². The van der Waals surface area contributed by atoms with E-state index in [1.54, 1.807) is 23.6 Å². The van der Waals surface area contributed by atoms with Crippen LogP contribution in [0.25, 0.3) is 11.2 Å². The van der Waals surface area contributed by atoms with Gasteiger partial charge < -0.3 is 15.2 Å². The van der Waals surface area contributed by atoms with Crippen LogP contribution in [0.5, 0.6) is 0 Å². The van der Waals surface area contributed by atoms with Crippen LogP contribution in [0.15, 0.2) is 15.9 Å². The third-order valence-electron chi connectivity index (χ3n) is 4.81. The lowest BCUT2D eigenvalue weighted by Gasteiger charge is -2.22. The molecule has 9 nitrogen and oxygen atoms in total. The van der Waals surface area contributed by atoms with Gasteiger partial charge in [-0.2, -0.15) is 0 Å². The van der Waals surface area contributed by atoms with Gasteiger partial charge >= 0.3 is 5.69 Å². The Balaban J connectivity index is 1.99. The molecule has 1 aliphatic heterocycles. The molecule has 0 radical (unpaired) electrons. The van der Waals surface area contributed by atoms with E-state index in [0.29, 0.717) is 24.3 Å². The highest BCUT2D eigenvalue weighted by Gasteiger charge is 2.32. The van der Waals surface area contributed by atoms with Crippen LogP contribution in [0.2, 0.25) is 0 Å². The predicted molar refractivity (Wildman–Crippen MR) is 88.6 cm³/mol. The second kappa shape index (κ2) is 5.90. The SMILES string of the molecule is CC1CC(CN)CN1C(=O)Cn1c(=O)c2c(ncn2C)n(C)c1=O. The van der Waals surface area contributed by atoms with Gasteiger partial charge in [-0.3, -0.25) is 14.2 Å². The largest absolute Gasteiger partial charge is 0.338 e. The summed E-state index contributed by atoms with van der Waals surface area (Å²) in [5, 5.41) is 0. The number of aromatic nitrogens is 4. The lowest BCUT2D eigenvalue weighted by Crippen LogP contribution is -2.45. The van der Waals surface area contributed by atoms with E-state index >= 15 is 0 Å². The average Bonchev–Trinajstić information content (AvgIpc) is 3.12. The molecule has 2 N–H and O–H groups in total.